The summed E-state index contributed by atoms with van der Waals surface area (Å²) in [6.07, 6.45) is 2.08. The van der Waals surface area contributed by atoms with E-state index in [2.05, 4.69) is 50.6 Å². The van der Waals surface area contributed by atoms with Gasteiger partial charge in [0.2, 0.25) is 0 Å². The molecule has 0 aromatic rings. The fourth-order valence-corrected chi connectivity index (χ4v) is 0.379. The van der Waals surface area contributed by atoms with Crippen molar-refractivity contribution in [1.82, 2.24) is 5.32 Å². The van der Waals surface area contributed by atoms with E-state index in [1.54, 1.807) is 0 Å². The van der Waals surface area contributed by atoms with E-state index >= 15 is 0 Å². The standard InChI is InChI=1S/C6H10N2S.C5H10/c1-4(2)5(3)8-6(7)9;1-4-5(2)3/h1,3H2,2H3,(H3,7,8,9);4H,1-3H3. The molecular weight excluding hydrogens is 192 g/mol. The second kappa shape index (κ2) is 8.51. The van der Waals surface area contributed by atoms with Crippen molar-refractivity contribution in [2.45, 2.75) is 27.7 Å². The maximum atomic E-state index is 5.15. The molecule has 0 fully saturated rings. The number of nitrogens with one attached hydrogen (secondary N) is 1. The Labute approximate surface area is 92.6 Å². The van der Waals surface area contributed by atoms with Crippen molar-refractivity contribution in [3.8, 4) is 0 Å². The van der Waals surface area contributed by atoms with E-state index in [-0.39, 0.29) is 5.11 Å². The lowest BCUT2D eigenvalue weighted by molar-refractivity contribution is 1.14. The van der Waals surface area contributed by atoms with Gasteiger partial charge in [0.05, 0.1) is 0 Å². The molecule has 0 radical (unpaired) electrons. The molecule has 0 aromatic heterocycles. The van der Waals surface area contributed by atoms with Crippen LogP contribution in [0.2, 0.25) is 0 Å². The molecule has 14 heavy (non-hydrogen) atoms. The summed E-state index contributed by atoms with van der Waals surface area (Å²) >= 11 is 4.56. The first-order chi connectivity index (χ1) is 6.31. The SMILES string of the molecule is C=C(C)C(=C)NC(N)=S.CC=C(C)C. The van der Waals surface area contributed by atoms with E-state index in [0.717, 1.165) is 5.57 Å². The fraction of sp³-hybridized carbons (Fsp3) is 0.364. The molecule has 0 saturated heterocycles. The third-order valence-electron chi connectivity index (χ3n) is 1.37. The number of nitrogens with two attached hydrogens (primary N) is 1. The van der Waals surface area contributed by atoms with Gasteiger partial charge in [-0.05, 0) is 45.5 Å². The van der Waals surface area contributed by atoms with Crippen LogP contribution in [-0.4, -0.2) is 5.11 Å². The second-order valence-electron chi connectivity index (χ2n) is 3.11. The fourth-order valence-electron chi connectivity index (χ4n) is 0.255. The van der Waals surface area contributed by atoms with Crippen LogP contribution >= 0.6 is 12.2 Å². The van der Waals surface area contributed by atoms with Gasteiger partial charge in [-0.15, -0.1) is 0 Å². The zero-order chi connectivity index (χ0) is 11.7. The highest BCUT2D eigenvalue weighted by Crippen LogP contribution is 1.96. The van der Waals surface area contributed by atoms with Crippen LogP contribution in [0.4, 0.5) is 0 Å². The lowest BCUT2D eigenvalue weighted by atomic mass is 10.3. The summed E-state index contributed by atoms with van der Waals surface area (Å²) in [6, 6.07) is 0. The average molecular weight is 212 g/mol. The summed E-state index contributed by atoms with van der Waals surface area (Å²) in [5.41, 5.74) is 8.03. The zero-order valence-corrected chi connectivity index (χ0v) is 10.3. The van der Waals surface area contributed by atoms with Crippen LogP contribution in [0.5, 0.6) is 0 Å². The summed E-state index contributed by atoms with van der Waals surface area (Å²) in [7, 11) is 0. The Hall–Kier alpha value is -1.09. The van der Waals surface area contributed by atoms with Gasteiger partial charge in [-0.25, -0.2) is 0 Å². The Morgan fingerprint density at radius 1 is 1.29 bits per heavy atom. The van der Waals surface area contributed by atoms with E-state index in [4.69, 9.17) is 5.73 Å². The van der Waals surface area contributed by atoms with Gasteiger partial charge in [0.1, 0.15) is 0 Å². The molecule has 3 heteroatoms. The highest BCUT2D eigenvalue weighted by Gasteiger charge is 1.91. The highest BCUT2D eigenvalue weighted by atomic mass is 32.1. The minimum absolute atomic E-state index is 0.225. The molecule has 0 saturated carbocycles. The van der Waals surface area contributed by atoms with E-state index < -0.39 is 0 Å². The van der Waals surface area contributed by atoms with Gasteiger partial charge in [-0.1, -0.05) is 24.8 Å². The molecule has 0 aliphatic rings. The van der Waals surface area contributed by atoms with Crippen LogP contribution in [0.15, 0.2) is 36.1 Å². The Bertz CT molecular complexity index is 248. The van der Waals surface area contributed by atoms with Crippen LogP contribution in [0.1, 0.15) is 27.7 Å². The van der Waals surface area contributed by atoms with Crippen molar-refractivity contribution >= 4 is 17.3 Å². The maximum absolute atomic E-state index is 5.15. The van der Waals surface area contributed by atoms with Crippen LogP contribution in [0.3, 0.4) is 0 Å². The van der Waals surface area contributed by atoms with Gasteiger partial charge in [-0.2, -0.15) is 0 Å². The van der Waals surface area contributed by atoms with Crippen LogP contribution in [0.25, 0.3) is 0 Å². The molecule has 0 aliphatic carbocycles. The van der Waals surface area contributed by atoms with Crippen LogP contribution in [-0.2, 0) is 0 Å². The molecule has 0 atom stereocenters. The minimum Gasteiger partial charge on any atom is -0.376 e. The van der Waals surface area contributed by atoms with Crippen LogP contribution in [0, 0.1) is 0 Å². The lowest BCUT2D eigenvalue weighted by Gasteiger charge is -2.04. The predicted octanol–water partition coefficient (Wildman–Crippen LogP) is 2.88. The molecular formula is C11H20N2S. The zero-order valence-electron chi connectivity index (χ0n) is 9.48. The van der Waals surface area contributed by atoms with Crippen molar-refractivity contribution in [3.05, 3.63) is 36.1 Å². The number of hydrogen-bond acceptors (Lipinski definition) is 1. The Kier molecular flexibility index (Phi) is 9.35. The molecule has 0 aliphatic heterocycles. The van der Waals surface area contributed by atoms with E-state index in [9.17, 15) is 0 Å². The normalized spacial score (nSPS) is 7.71. The first-order valence-corrected chi connectivity index (χ1v) is 4.72. The Morgan fingerprint density at radius 2 is 1.64 bits per heavy atom. The molecule has 0 bridgehead atoms. The van der Waals surface area contributed by atoms with Crippen molar-refractivity contribution in [3.63, 3.8) is 0 Å². The monoisotopic (exact) mass is 212 g/mol. The molecule has 0 aromatic carbocycles. The summed E-state index contributed by atoms with van der Waals surface area (Å²) in [5, 5.41) is 2.88. The maximum Gasteiger partial charge on any atom is 0.168 e. The lowest BCUT2D eigenvalue weighted by Crippen LogP contribution is -2.28. The average Bonchev–Trinajstić information content (AvgIpc) is 2.04. The summed E-state index contributed by atoms with van der Waals surface area (Å²) in [4.78, 5) is 0. The van der Waals surface area contributed by atoms with Crippen molar-refractivity contribution < 1.29 is 0 Å². The number of hydrogen-bond donors (Lipinski definition) is 2. The number of rotatable bonds is 2. The minimum atomic E-state index is 0.225. The first kappa shape index (κ1) is 15.4. The van der Waals surface area contributed by atoms with Gasteiger partial charge in [-0.3, -0.25) is 0 Å². The Morgan fingerprint density at radius 3 is 1.71 bits per heavy atom. The summed E-state index contributed by atoms with van der Waals surface area (Å²) in [5.74, 6) is 0. The van der Waals surface area contributed by atoms with Crippen molar-refractivity contribution in [1.29, 1.82) is 0 Å². The molecule has 2 nitrogen and oxygen atoms in total. The van der Waals surface area contributed by atoms with Gasteiger partial charge in [0.15, 0.2) is 5.11 Å². The molecule has 0 amide bonds. The molecule has 3 N–H and O–H groups in total. The third-order valence-corrected chi connectivity index (χ3v) is 1.47. The van der Waals surface area contributed by atoms with Crippen molar-refractivity contribution in [2.24, 2.45) is 5.73 Å². The molecule has 80 valence electrons. The first-order valence-electron chi connectivity index (χ1n) is 4.32. The van der Waals surface area contributed by atoms with E-state index in [1.807, 2.05) is 13.8 Å². The van der Waals surface area contributed by atoms with Crippen LogP contribution < -0.4 is 11.1 Å². The predicted molar refractivity (Wildman–Crippen MR) is 69.0 cm³/mol. The molecule has 0 unspecified atom stereocenters. The third kappa shape index (κ3) is 13.5. The smallest absolute Gasteiger partial charge is 0.168 e. The van der Waals surface area contributed by atoms with E-state index in [1.165, 1.54) is 5.57 Å². The Balaban J connectivity index is 0. The molecule has 0 rings (SSSR count). The second-order valence-corrected chi connectivity index (χ2v) is 3.55. The van der Waals surface area contributed by atoms with Gasteiger partial charge < -0.3 is 11.1 Å². The highest BCUT2D eigenvalue weighted by molar-refractivity contribution is 7.80. The van der Waals surface area contributed by atoms with Crippen molar-refractivity contribution in [2.75, 3.05) is 0 Å². The summed E-state index contributed by atoms with van der Waals surface area (Å²) < 4.78 is 0. The largest absolute Gasteiger partial charge is 0.376 e. The van der Waals surface area contributed by atoms with Gasteiger partial charge in [0.25, 0.3) is 0 Å². The summed E-state index contributed by atoms with van der Waals surface area (Å²) in [6.45, 7) is 15.3. The topological polar surface area (TPSA) is 38.0 Å². The quantitative estimate of drug-likeness (QED) is 0.420. The number of thiocarbonyl (C=S) groups is 1. The molecule has 0 spiro atoms. The van der Waals surface area contributed by atoms with Gasteiger partial charge >= 0.3 is 0 Å². The molecule has 0 heterocycles. The van der Waals surface area contributed by atoms with E-state index in [0.29, 0.717) is 5.70 Å². The van der Waals surface area contributed by atoms with Gasteiger partial charge in [0, 0.05) is 5.70 Å². The number of allylic oxidation sites excluding steroid dienone is 3.